The highest BCUT2D eigenvalue weighted by molar-refractivity contribution is 5.91. The Labute approximate surface area is 195 Å². The number of nitrogens with zero attached hydrogens (tertiary/aromatic N) is 2. The highest BCUT2D eigenvalue weighted by Gasteiger charge is 2.30. The van der Waals surface area contributed by atoms with Crippen LogP contribution in [-0.4, -0.2) is 44.1 Å². The molecule has 180 valence electrons. The number of anilines is 1. The quantitative estimate of drug-likeness (QED) is 0.545. The number of ether oxygens (including phenoxy) is 1. The first-order valence-corrected chi connectivity index (χ1v) is 11.0. The number of hydrogen-bond donors (Lipinski definition) is 1. The molecule has 0 aliphatic carbocycles. The zero-order valence-electron chi connectivity index (χ0n) is 18.8. The normalized spacial score (nSPS) is 14.8. The van der Waals surface area contributed by atoms with Gasteiger partial charge in [0.05, 0.1) is 19.2 Å². The SMILES string of the molecule is COc1cccc(N2CCN(Cc3ccc(C(=O)NCc4cccc(C(F)(F)F)c4)o3)CC2)c1. The highest BCUT2D eigenvalue weighted by Crippen LogP contribution is 2.29. The molecule has 1 saturated heterocycles. The van der Waals surface area contributed by atoms with Crippen LogP contribution in [0.25, 0.3) is 0 Å². The van der Waals surface area contributed by atoms with E-state index in [2.05, 4.69) is 21.2 Å². The van der Waals surface area contributed by atoms with Crippen molar-refractivity contribution in [3.63, 3.8) is 0 Å². The number of carbonyl (C=O) groups is 1. The molecule has 3 aromatic rings. The van der Waals surface area contributed by atoms with Gasteiger partial charge in [-0.15, -0.1) is 0 Å². The lowest BCUT2D eigenvalue weighted by molar-refractivity contribution is -0.137. The molecule has 34 heavy (non-hydrogen) atoms. The van der Waals surface area contributed by atoms with Crippen molar-refractivity contribution in [2.45, 2.75) is 19.3 Å². The zero-order chi connectivity index (χ0) is 24.1. The molecule has 1 amide bonds. The second kappa shape index (κ2) is 10.2. The summed E-state index contributed by atoms with van der Waals surface area (Å²) < 4.78 is 49.5. The maximum Gasteiger partial charge on any atom is 0.416 e. The van der Waals surface area contributed by atoms with Crippen LogP contribution < -0.4 is 15.0 Å². The molecule has 4 rings (SSSR count). The zero-order valence-corrected chi connectivity index (χ0v) is 18.8. The van der Waals surface area contributed by atoms with Crippen LogP contribution in [0.15, 0.2) is 65.1 Å². The van der Waals surface area contributed by atoms with Crippen LogP contribution >= 0.6 is 0 Å². The summed E-state index contributed by atoms with van der Waals surface area (Å²) in [6, 6.07) is 16.2. The van der Waals surface area contributed by atoms with Crippen LogP contribution in [0, 0.1) is 0 Å². The summed E-state index contributed by atoms with van der Waals surface area (Å²) in [5.74, 6) is 1.16. The minimum atomic E-state index is -4.42. The number of nitrogens with one attached hydrogen (secondary N) is 1. The van der Waals surface area contributed by atoms with Crippen molar-refractivity contribution >= 4 is 11.6 Å². The van der Waals surface area contributed by atoms with Gasteiger partial charge >= 0.3 is 6.18 Å². The number of furan rings is 1. The van der Waals surface area contributed by atoms with Crippen molar-refractivity contribution in [3.05, 3.63) is 83.3 Å². The third-order valence-corrected chi connectivity index (χ3v) is 5.76. The molecule has 0 spiro atoms. The van der Waals surface area contributed by atoms with Gasteiger partial charge in [0.25, 0.3) is 5.91 Å². The van der Waals surface area contributed by atoms with Crippen molar-refractivity contribution in [1.82, 2.24) is 10.2 Å². The predicted molar refractivity (Wildman–Crippen MR) is 122 cm³/mol. The molecule has 1 N–H and O–H groups in total. The number of benzene rings is 2. The molecule has 1 fully saturated rings. The number of hydrogen-bond acceptors (Lipinski definition) is 5. The summed E-state index contributed by atoms with van der Waals surface area (Å²) in [7, 11) is 1.65. The van der Waals surface area contributed by atoms with Crippen LogP contribution in [0.1, 0.15) is 27.4 Å². The average molecular weight is 473 g/mol. The number of piperazine rings is 1. The van der Waals surface area contributed by atoms with Crippen LogP contribution in [0.4, 0.5) is 18.9 Å². The molecule has 0 bridgehead atoms. The van der Waals surface area contributed by atoms with E-state index >= 15 is 0 Å². The van der Waals surface area contributed by atoms with Gasteiger partial charge in [0.1, 0.15) is 11.5 Å². The summed E-state index contributed by atoms with van der Waals surface area (Å²) in [6.45, 7) is 3.96. The molecular formula is C25H26F3N3O3. The number of carbonyl (C=O) groups excluding carboxylic acids is 1. The smallest absolute Gasteiger partial charge is 0.416 e. The van der Waals surface area contributed by atoms with Gasteiger partial charge in [-0.2, -0.15) is 13.2 Å². The number of methoxy groups -OCH3 is 1. The van der Waals surface area contributed by atoms with Crippen LogP contribution in [-0.2, 0) is 19.3 Å². The van der Waals surface area contributed by atoms with E-state index in [1.807, 2.05) is 18.2 Å². The second-order valence-corrected chi connectivity index (χ2v) is 8.11. The maximum atomic E-state index is 12.9. The third kappa shape index (κ3) is 5.91. The van der Waals surface area contributed by atoms with E-state index in [9.17, 15) is 18.0 Å². The number of halogens is 3. The molecular weight excluding hydrogens is 447 g/mol. The Balaban J connectivity index is 1.27. The van der Waals surface area contributed by atoms with Crippen LogP contribution in [0.5, 0.6) is 5.75 Å². The Morgan fingerprint density at radius 3 is 2.53 bits per heavy atom. The molecule has 0 unspecified atom stereocenters. The Morgan fingerprint density at radius 2 is 1.79 bits per heavy atom. The van der Waals surface area contributed by atoms with Crippen molar-refractivity contribution in [2.24, 2.45) is 0 Å². The van der Waals surface area contributed by atoms with Gasteiger partial charge in [0.15, 0.2) is 5.76 Å². The van der Waals surface area contributed by atoms with Crippen molar-refractivity contribution in [1.29, 1.82) is 0 Å². The Kier molecular flexibility index (Phi) is 7.12. The Morgan fingerprint density at radius 1 is 1.03 bits per heavy atom. The minimum absolute atomic E-state index is 0.0228. The standard InChI is InChI=1S/C25H26F3N3O3/c1-33-21-7-3-6-20(15-21)31-12-10-30(11-13-31)17-22-8-9-23(34-22)24(32)29-16-18-4-2-5-19(14-18)25(26,27)28/h2-9,14-15H,10-13,16-17H2,1H3,(H,29,32). The summed E-state index contributed by atoms with van der Waals surface area (Å²) in [5, 5.41) is 2.61. The van der Waals surface area contributed by atoms with Gasteiger partial charge in [-0.3, -0.25) is 9.69 Å². The number of amides is 1. The van der Waals surface area contributed by atoms with E-state index in [4.69, 9.17) is 9.15 Å². The lowest BCUT2D eigenvalue weighted by Gasteiger charge is -2.35. The lowest BCUT2D eigenvalue weighted by Crippen LogP contribution is -2.45. The van der Waals surface area contributed by atoms with E-state index in [1.165, 1.54) is 12.1 Å². The van der Waals surface area contributed by atoms with E-state index in [-0.39, 0.29) is 12.3 Å². The number of rotatable bonds is 7. The first-order valence-electron chi connectivity index (χ1n) is 11.0. The molecule has 1 aliphatic rings. The van der Waals surface area contributed by atoms with Gasteiger partial charge in [-0.05, 0) is 42.0 Å². The molecule has 0 saturated carbocycles. The van der Waals surface area contributed by atoms with E-state index < -0.39 is 17.6 Å². The Bertz CT molecular complexity index is 1120. The highest BCUT2D eigenvalue weighted by atomic mass is 19.4. The third-order valence-electron chi connectivity index (χ3n) is 5.76. The molecule has 6 nitrogen and oxygen atoms in total. The first kappa shape index (κ1) is 23.7. The fourth-order valence-electron chi connectivity index (χ4n) is 3.90. The molecule has 0 radical (unpaired) electrons. The topological polar surface area (TPSA) is 58.0 Å². The summed E-state index contributed by atoms with van der Waals surface area (Å²) in [4.78, 5) is 16.9. The van der Waals surface area contributed by atoms with Crippen LogP contribution in [0.3, 0.4) is 0 Å². The molecule has 9 heteroatoms. The maximum absolute atomic E-state index is 12.9. The molecule has 0 atom stereocenters. The van der Waals surface area contributed by atoms with Gasteiger partial charge in [-0.25, -0.2) is 0 Å². The van der Waals surface area contributed by atoms with Crippen molar-refractivity contribution < 1.29 is 27.1 Å². The van der Waals surface area contributed by atoms with Gasteiger partial charge in [-0.1, -0.05) is 18.2 Å². The predicted octanol–water partition coefficient (Wildman–Crippen LogP) is 4.56. The monoisotopic (exact) mass is 473 g/mol. The average Bonchev–Trinajstić information content (AvgIpc) is 3.31. The van der Waals surface area contributed by atoms with E-state index in [0.717, 1.165) is 49.7 Å². The minimum Gasteiger partial charge on any atom is -0.497 e. The van der Waals surface area contributed by atoms with Gasteiger partial charge in [0, 0.05) is 44.5 Å². The summed E-state index contributed by atoms with van der Waals surface area (Å²) in [6.07, 6.45) is -4.42. The molecule has 2 heterocycles. The summed E-state index contributed by atoms with van der Waals surface area (Å²) in [5.41, 5.74) is 0.742. The van der Waals surface area contributed by atoms with Gasteiger partial charge < -0.3 is 19.4 Å². The Hall–Kier alpha value is -3.46. The van der Waals surface area contributed by atoms with E-state index in [0.29, 0.717) is 17.9 Å². The number of alkyl halides is 3. The second-order valence-electron chi connectivity index (χ2n) is 8.11. The fraction of sp³-hybridized carbons (Fsp3) is 0.320. The van der Waals surface area contributed by atoms with E-state index in [1.54, 1.807) is 19.2 Å². The molecule has 2 aromatic carbocycles. The van der Waals surface area contributed by atoms with Gasteiger partial charge in [0.2, 0.25) is 0 Å². The molecule has 1 aromatic heterocycles. The fourth-order valence-corrected chi connectivity index (χ4v) is 3.90. The van der Waals surface area contributed by atoms with Crippen molar-refractivity contribution in [2.75, 3.05) is 38.2 Å². The summed E-state index contributed by atoms with van der Waals surface area (Å²) >= 11 is 0. The largest absolute Gasteiger partial charge is 0.497 e. The lowest BCUT2D eigenvalue weighted by atomic mass is 10.1. The first-order chi connectivity index (χ1) is 16.3. The molecule has 1 aliphatic heterocycles. The van der Waals surface area contributed by atoms with Crippen LogP contribution in [0.2, 0.25) is 0 Å². The van der Waals surface area contributed by atoms with Crippen molar-refractivity contribution in [3.8, 4) is 5.75 Å².